The fourth-order valence-corrected chi connectivity index (χ4v) is 2.69. The van der Waals surface area contributed by atoms with E-state index in [4.69, 9.17) is 11.5 Å². The molecule has 0 aliphatic carbocycles. The van der Waals surface area contributed by atoms with E-state index in [0.717, 1.165) is 19.2 Å². The number of anilines is 3. The van der Waals surface area contributed by atoms with E-state index < -0.39 is 11.6 Å². The molecule has 8 heteroatoms. The second-order valence-corrected chi connectivity index (χ2v) is 5.61. The lowest BCUT2D eigenvalue weighted by Gasteiger charge is -2.41. The van der Waals surface area contributed by atoms with Crippen molar-refractivity contribution < 1.29 is 8.78 Å². The van der Waals surface area contributed by atoms with Crippen LogP contribution in [0.25, 0.3) is 0 Å². The van der Waals surface area contributed by atoms with E-state index in [9.17, 15) is 8.78 Å². The minimum absolute atomic E-state index is 0.0829. The molecular formula is C15H18F2N6. The van der Waals surface area contributed by atoms with Crippen LogP contribution in [0.2, 0.25) is 0 Å². The summed E-state index contributed by atoms with van der Waals surface area (Å²) in [5.41, 5.74) is 12.7. The molecule has 1 aromatic heterocycles. The molecule has 0 spiro atoms. The molecule has 1 aliphatic heterocycles. The van der Waals surface area contributed by atoms with Crippen molar-refractivity contribution in [3.63, 3.8) is 0 Å². The average Bonchev–Trinajstić information content (AvgIpc) is 2.40. The largest absolute Gasteiger partial charge is 0.383 e. The summed E-state index contributed by atoms with van der Waals surface area (Å²) in [6.07, 6.45) is 0.233. The summed E-state index contributed by atoms with van der Waals surface area (Å²) in [5.74, 6) is -0.331. The molecule has 122 valence electrons. The van der Waals surface area contributed by atoms with Gasteiger partial charge >= 0.3 is 0 Å². The van der Waals surface area contributed by atoms with Crippen molar-refractivity contribution in [3.05, 3.63) is 41.0 Å². The SMILES string of the molecule is CNC1CN(c2nc(N)nc(N)c2Cc2cc(F)cc(F)c2)C1. The molecule has 1 aromatic carbocycles. The Morgan fingerprint density at radius 1 is 1.17 bits per heavy atom. The topological polar surface area (TPSA) is 93.1 Å². The van der Waals surface area contributed by atoms with Crippen molar-refractivity contribution in [2.24, 2.45) is 0 Å². The average molecular weight is 320 g/mol. The van der Waals surface area contributed by atoms with Crippen molar-refractivity contribution in [2.75, 3.05) is 36.5 Å². The first-order chi connectivity index (χ1) is 11.0. The number of aromatic nitrogens is 2. The fraction of sp³-hybridized carbons (Fsp3) is 0.333. The van der Waals surface area contributed by atoms with Gasteiger partial charge in [0.1, 0.15) is 23.3 Å². The van der Waals surface area contributed by atoms with E-state index in [1.165, 1.54) is 12.1 Å². The Bertz CT molecular complexity index is 710. The van der Waals surface area contributed by atoms with Crippen LogP contribution in [0.5, 0.6) is 0 Å². The predicted molar refractivity (Wildman–Crippen MR) is 85.1 cm³/mol. The number of nitrogens with zero attached hydrogens (tertiary/aromatic N) is 3. The van der Waals surface area contributed by atoms with Gasteiger partial charge in [-0.1, -0.05) is 0 Å². The molecule has 1 saturated heterocycles. The van der Waals surface area contributed by atoms with E-state index in [-0.39, 0.29) is 18.2 Å². The zero-order valence-corrected chi connectivity index (χ0v) is 12.7. The van der Waals surface area contributed by atoms with Crippen LogP contribution in [0.1, 0.15) is 11.1 Å². The molecule has 0 radical (unpaired) electrons. The number of likely N-dealkylation sites (N-methyl/N-ethyl adjacent to an activating group) is 1. The fourth-order valence-electron chi connectivity index (χ4n) is 2.69. The number of hydrogen-bond donors (Lipinski definition) is 3. The van der Waals surface area contributed by atoms with Crippen molar-refractivity contribution in [3.8, 4) is 0 Å². The van der Waals surface area contributed by atoms with Gasteiger partial charge in [0.2, 0.25) is 5.95 Å². The van der Waals surface area contributed by atoms with Gasteiger partial charge in [0.15, 0.2) is 0 Å². The lowest BCUT2D eigenvalue weighted by molar-refractivity contribution is 0.446. The normalized spacial score (nSPS) is 14.8. The van der Waals surface area contributed by atoms with Gasteiger partial charge in [0.05, 0.1) is 0 Å². The van der Waals surface area contributed by atoms with Crippen LogP contribution < -0.4 is 21.7 Å². The van der Waals surface area contributed by atoms with Gasteiger partial charge in [-0.15, -0.1) is 0 Å². The van der Waals surface area contributed by atoms with Crippen LogP contribution in [-0.4, -0.2) is 36.1 Å². The molecular weight excluding hydrogens is 302 g/mol. The van der Waals surface area contributed by atoms with Crippen LogP contribution in [-0.2, 0) is 6.42 Å². The summed E-state index contributed by atoms with van der Waals surface area (Å²) in [7, 11) is 1.89. The minimum Gasteiger partial charge on any atom is -0.383 e. The summed E-state index contributed by atoms with van der Waals surface area (Å²) in [5, 5.41) is 3.17. The zero-order valence-electron chi connectivity index (χ0n) is 12.7. The molecule has 6 nitrogen and oxygen atoms in total. The van der Waals surface area contributed by atoms with Crippen LogP contribution in [0.3, 0.4) is 0 Å². The van der Waals surface area contributed by atoms with Crippen LogP contribution in [0.4, 0.5) is 26.4 Å². The Balaban J connectivity index is 1.94. The molecule has 0 amide bonds. The van der Waals surface area contributed by atoms with E-state index >= 15 is 0 Å². The molecule has 0 bridgehead atoms. The zero-order chi connectivity index (χ0) is 16.6. The van der Waals surface area contributed by atoms with Crippen LogP contribution in [0, 0.1) is 11.6 Å². The number of rotatable bonds is 4. The van der Waals surface area contributed by atoms with Crippen LogP contribution in [0.15, 0.2) is 18.2 Å². The lowest BCUT2D eigenvalue weighted by Crippen LogP contribution is -2.57. The molecule has 0 saturated carbocycles. The first kappa shape index (κ1) is 15.4. The van der Waals surface area contributed by atoms with E-state index in [0.29, 0.717) is 23.0 Å². The second kappa shape index (κ2) is 5.96. The first-order valence-electron chi connectivity index (χ1n) is 7.25. The molecule has 5 N–H and O–H groups in total. The maximum Gasteiger partial charge on any atom is 0.223 e. The Labute approximate surface area is 132 Å². The molecule has 2 aromatic rings. The third kappa shape index (κ3) is 3.16. The van der Waals surface area contributed by atoms with Crippen molar-refractivity contribution in [1.29, 1.82) is 0 Å². The maximum atomic E-state index is 13.4. The first-order valence-corrected chi connectivity index (χ1v) is 7.25. The molecule has 0 atom stereocenters. The predicted octanol–water partition coefficient (Wildman–Crippen LogP) is 0.918. The molecule has 23 heavy (non-hydrogen) atoms. The highest BCUT2D eigenvalue weighted by molar-refractivity contribution is 5.62. The van der Waals surface area contributed by atoms with Crippen molar-refractivity contribution >= 4 is 17.6 Å². The highest BCUT2D eigenvalue weighted by Crippen LogP contribution is 2.29. The summed E-state index contributed by atoms with van der Waals surface area (Å²) in [6.45, 7) is 1.52. The molecule has 2 heterocycles. The Morgan fingerprint density at radius 2 is 1.83 bits per heavy atom. The van der Waals surface area contributed by atoms with E-state index in [2.05, 4.69) is 15.3 Å². The van der Waals surface area contributed by atoms with E-state index in [1.807, 2.05) is 11.9 Å². The Hall–Kier alpha value is -2.48. The quantitative estimate of drug-likeness (QED) is 0.776. The lowest BCUT2D eigenvalue weighted by atomic mass is 10.0. The maximum absolute atomic E-state index is 13.4. The van der Waals surface area contributed by atoms with Crippen molar-refractivity contribution in [1.82, 2.24) is 15.3 Å². The van der Waals surface area contributed by atoms with Gasteiger partial charge in [0.25, 0.3) is 0 Å². The van der Waals surface area contributed by atoms with Gasteiger partial charge in [-0.2, -0.15) is 9.97 Å². The summed E-state index contributed by atoms with van der Waals surface area (Å²) in [6, 6.07) is 3.75. The number of nitrogen functional groups attached to an aromatic ring is 2. The highest BCUT2D eigenvalue weighted by Gasteiger charge is 2.29. The summed E-state index contributed by atoms with van der Waals surface area (Å²) in [4.78, 5) is 10.2. The molecule has 3 rings (SSSR count). The van der Waals surface area contributed by atoms with Gasteiger partial charge in [0, 0.05) is 37.2 Å². The monoisotopic (exact) mass is 320 g/mol. The third-order valence-electron chi connectivity index (χ3n) is 3.93. The highest BCUT2D eigenvalue weighted by atomic mass is 19.1. The summed E-state index contributed by atoms with van der Waals surface area (Å²) >= 11 is 0. The third-order valence-corrected chi connectivity index (χ3v) is 3.93. The number of halogens is 2. The molecule has 1 fully saturated rings. The molecule has 0 unspecified atom stereocenters. The second-order valence-electron chi connectivity index (χ2n) is 5.61. The van der Waals surface area contributed by atoms with Crippen LogP contribution >= 0.6 is 0 Å². The standard InChI is InChI=1S/C15H18F2N6/c1-20-11-6-23(7-11)14-12(13(18)21-15(19)22-14)4-8-2-9(16)5-10(17)3-8/h2-3,5,11,20H,4,6-7H2,1H3,(H4,18,19,21,22). The number of nitrogens with one attached hydrogen (secondary N) is 1. The smallest absolute Gasteiger partial charge is 0.223 e. The minimum atomic E-state index is -0.629. The van der Waals surface area contributed by atoms with Crippen molar-refractivity contribution in [2.45, 2.75) is 12.5 Å². The van der Waals surface area contributed by atoms with Gasteiger partial charge in [-0.3, -0.25) is 0 Å². The molecule has 1 aliphatic rings. The number of nitrogens with two attached hydrogens (primary N) is 2. The number of benzene rings is 1. The Morgan fingerprint density at radius 3 is 2.43 bits per heavy atom. The Kier molecular flexibility index (Phi) is 3.99. The van der Waals surface area contributed by atoms with Gasteiger partial charge in [-0.05, 0) is 24.7 Å². The van der Waals surface area contributed by atoms with Gasteiger partial charge in [-0.25, -0.2) is 8.78 Å². The van der Waals surface area contributed by atoms with Gasteiger partial charge < -0.3 is 21.7 Å². The number of hydrogen-bond acceptors (Lipinski definition) is 6. The summed E-state index contributed by atoms with van der Waals surface area (Å²) < 4.78 is 26.8. The van der Waals surface area contributed by atoms with E-state index in [1.54, 1.807) is 0 Å².